The van der Waals surface area contributed by atoms with Gasteiger partial charge in [0.1, 0.15) is 0 Å². The summed E-state index contributed by atoms with van der Waals surface area (Å²) in [6, 6.07) is 0. The van der Waals surface area contributed by atoms with Crippen LogP contribution >= 0.6 is 0 Å². The number of carbonyl (C=O) groups is 1. The normalized spacial score (nSPS) is 18.8. The highest BCUT2D eigenvalue weighted by molar-refractivity contribution is 6.01. The van der Waals surface area contributed by atoms with Crippen molar-refractivity contribution in [1.82, 2.24) is 10.2 Å². The fraction of sp³-hybridized carbons (Fsp3) is 0.846. The molecule has 116 valence electrons. The molecular formula is C13H26N4O3. The van der Waals surface area contributed by atoms with Crippen LogP contribution in [0, 0.1) is 5.92 Å². The maximum Gasteiger partial charge on any atom is 0.230 e. The summed E-state index contributed by atoms with van der Waals surface area (Å²) in [4.78, 5) is 14.3. The number of oxime groups is 1. The second kappa shape index (κ2) is 9.55. The predicted molar refractivity (Wildman–Crippen MR) is 76.7 cm³/mol. The lowest BCUT2D eigenvalue weighted by Gasteiger charge is -2.26. The standard InChI is InChI=1S/C13H26N4O3/c1-2-4-11(12(14)16-19)13(18)15-5-3-6-17-7-9-20-10-8-17/h11,19H,2-10H2,1H3,(H2,14,16)(H,15,18). The number of rotatable bonds is 8. The van der Waals surface area contributed by atoms with Crippen LogP contribution in [-0.2, 0) is 9.53 Å². The van der Waals surface area contributed by atoms with Gasteiger partial charge >= 0.3 is 0 Å². The van der Waals surface area contributed by atoms with E-state index in [0.29, 0.717) is 13.0 Å². The molecule has 0 aromatic heterocycles. The van der Waals surface area contributed by atoms with Crippen LogP contribution in [0.2, 0.25) is 0 Å². The lowest BCUT2D eigenvalue weighted by atomic mass is 10.0. The van der Waals surface area contributed by atoms with Crippen molar-refractivity contribution in [3.05, 3.63) is 0 Å². The van der Waals surface area contributed by atoms with Gasteiger partial charge in [0.05, 0.1) is 19.1 Å². The summed E-state index contributed by atoms with van der Waals surface area (Å²) in [6.45, 7) is 7.00. The Morgan fingerprint density at radius 2 is 2.20 bits per heavy atom. The fourth-order valence-corrected chi connectivity index (χ4v) is 2.23. The van der Waals surface area contributed by atoms with Crippen LogP contribution in [0.4, 0.5) is 0 Å². The molecule has 1 aliphatic rings. The van der Waals surface area contributed by atoms with Gasteiger partial charge in [-0.2, -0.15) is 0 Å². The Morgan fingerprint density at radius 1 is 1.50 bits per heavy atom. The molecule has 0 radical (unpaired) electrons. The SMILES string of the molecule is CCCC(C(=O)NCCCN1CCOCC1)C(N)=NO. The van der Waals surface area contributed by atoms with Gasteiger partial charge in [0.25, 0.3) is 0 Å². The highest BCUT2D eigenvalue weighted by atomic mass is 16.5. The second-order valence-electron chi connectivity index (χ2n) is 4.96. The molecule has 7 nitrogen and oxygen atoms in total. The van der Waals surface area contributed by atoms with Gasteiger partial charge in [0.2, 0.25) is 5.91 Å². The molecule has 1 unspecified atom stereocenters. The number of amides is 1. The van der Waals surface area contributed by atoms with Crippen LogP contribution in [0.5, 0.6) is 0 Å². The van der Waals surface area contributed by atoms with E-state index in [1.165, 1.54) is 0 Å². The topological polar surface area (TPSA) is 100 Å². The first-order valence-electron chi connectivity index (χ1n) is 7.24. The minimum atomic E-state index is -0.534. The largest absolute Gasteiger partial charge is 0.409 e. The maximum atomic E-state index is 12.0. The minimum absolute atomic E-state index is 0.0162. The molecule has 1 aliphatic heterocycles. The zero-order valence-corrected chi connectivity index (χ0v) is 12.2. The van der Waals surface area contributed by atoms with Crippen molar-refractivity contribution in [1.29, 1.82) is 0 Å². The van der Waals surface area contributed by atoms with Gasteiger partial charge in [-0.3, -0.25) is 9.69 Å². The van der Waals surface area contributed by atoms with Gasteiger partial charge in [-0.05, 0) is 19.4 Å². The number of hydrogen-bond donors (Lipinski definition) is 3. The van der Waals surface area contributed by atoms with E-state index in [-0.39, 0.29) is 11.7 Å². The summed E-state index contributed by atoms with van der Waals surface area (Å²) in [7, 11) is 0. The lowest BCUT2D eigenvalue weighted by molar-refractivity contribution is -0.123. The molecule has 1 heterocycles. The van der Waals surface area contributed by atoms with E-state index >= 15 is 0 Å². The van der Waals surface area contributed by atoms with Crippen LogP contribution in [0.1, 0.15) is 26.2 Å². The fourth-order valence-electron chi connectivity index (χ4n) is 2.23. The highest BCUT2D eigenvalue weighted by Crippen LogP contribution is 2.07. The molecule has 7 heteroatoms. The van der Waals surface area contributed by atoms with Crippen molar-refractivity contribution in [2.24, 2.45) is 16.8 Å². The third kappa shape index (κ3) is 5.75. The van der Waals surface area contributed by atoms with Crippen LogP contribution in [0.15, 0.2) is 5.16 Å². The molecule has 1 rings (SSSR count). The van der Waals surface area contributed by atoms with E-state index in [1.54, 1.807) is 0 Å². The van der Waals surface area contributed by atoms with Crippen molar-refractivity contribution < 1.29 is 14.7 Å². The van der Waals surface area contributed by atoms with Gasteiger partial charge in [-0.25, -0.2) is 0 Å². The Bertz CT molecular complexity index is 317. The monoisotopic (exact) mass is 286 g/mol. The average Bonchev–Trinajstić information content (AvgIpc) is 2.49. The summed E-state index contributed by atoms with van der Waals surface area (Å²) in [5.74, 6) is -0.713. The van der Waals surface area contributed by atoms with Gasteiger partial charge in [-0.15, -0.1) is 0 Å². The van der Waals surface area contributed by atoms with Crippen molar-refractivity contribution in [3.63, 3.8) is 0 Å². The Kier molecular flexibility index (Phi) is 7.98. The van der Waals surface area contributed by atoms with Crippen LogP contribution < -0.4 is 11.1 Å². The zero-order chi connectivity index (χ0) is 14.8. The zero-order valence-electron chi connectivity index (χ0n) is 12.2. The molecule has 1 atom stereocenters. The molecule has 0 aromatic carbocycles. The number of nitrogens with two attached hydrogens (primary N) is 1. The number of ether oxygens (including phenoxy) is 1. The van der Waals surface area contributed by atoms with E-state index < -0.39 is 5.92 Å². The maximum absolute atomic E-state index is 12.0. The smallest absolute Gasteiger partial charge is 0.230 e. The van der Waals surface area contributed by atoms with Gasteiger partial charge in [0, 0.05) is 19.6 Å². The average molecular weight is 286 g/mol. The molecule has 0 bridgehead atoms. The lowest BCUT2D eigenvalue weighted by Crippen LogP contribution is -2.41. The molecule has 0 spiro atoms. The predicted octanol–water partition coefficient (Wildman–Crippen LogP) is -0.0124. The van der Waals surface area contributed by atoms with Crippen molar-refractivity contribution in [3.8, 4) is 0 Å². The Labute approximate surface area is 120 Å². The first-order chi connectivity index (χ1) is 9.69. The molecule has 1 amide bonds. The van der Waals surface area contributed by atoms with E-state index in [9.17, 15) is 4.79 Å². The summed E-state index contributed by atoms with van der Waals surface area (Å²) in [5.41, 5.74) is 5.54. The first kappa shape index (κ1) is 16.7. The molecule has 20 heavy (non-hydrogen) atoms. The van der Waals surface area contributed by atoms with E-state index in [2.05, 4.69) is 15.4 Å². The van der Waals surface area contributed by atoms with Crippen molar-refractivity contribution >= 4 is 11.7 Å². The Balaban J connectivity index is 2.23. The molecular weight excluding hydrogens is 260 g/mol. The van der Waals surface area contributed by atoms with E-state index in [4.69, 9.17) is 15.7 Å². The highest BCUT2D eigenvalue weighted by Gasteiger charge is 2.21. The van der Waals surface area contributed by atoms with E-state index in [1.807, 2.05) is 6.92 Å². The van der Waals surface area contributed by atoms with Crippen LogP contribution in [0.25, 0.3) is 0 Å². The molecule has 0 aliphatic carbocycles. The van der Waals surface area contributed by atoms with Gasteiger partial charge < -0.3 is 21.0 Å². The van der Waals surface area contributed by atoms with Gasteiger partial charge in [0.15, 0.2) is 5.84 Å². The van der Waals surface area contributed by atoms with Crippen molar-refractivity contribution in [2.75, 3.05) is 39.4 Å². The third-order valence-electron chi connectivity index (χ3n) is 3.42. The number of morpholine rings is 1. The molecule has 0 saturated carbocycles. The summed E-state index contributed by atoms with van der Waals surface area (Å²) >= 11 is 0. The summed E-state index contributed by atoms with van der Waals surface area (Å²) in [6.07, 6.45) is 2.29. The molecule has 0 aromatic rings. The van der Waals surface area contributed by atoms with E-state index in [0.717, 1.165) is 45.7 Å². The van der Waals surface area contributed by atoms with Crippen LogP contribution in [0.3, 0.4) is 0 Å². The third-order valence-corrected chi connectivity index (χ3v) is 3.42. The number of hydrogen-bond acceptors (Lipinski definition) is 5. The number of amidine groups is 1. The number of nitrogens with zero attached hydrogens (tertiary/aromatic N) is 2. The second-order valence-corrected chi connectivity index (χ2v) is 4.96. The summed E-state index contributed by atoms with van der Waals surface area (Å²) in [5, 5.41) is 14.5. The quantitative estimate of drug-likeness (QED) is 0.191. The molecule has 1 saturated heterocycles. The first-order valence-corrected chi connectivity index (χ1v) is 7.24. The molecule has 1 fully saturated rings. The minimum Gasteiger partial charge on any atom is -0.409 e. The van der Waals surface area contributed by atoms with Crippen LogP contribution in [-0.4, -0.2) is 61.2 Å². The number of carbonyl (C=O) groups excluding carboxylic acids is 1. The Morgan fingerprint density at radius 3 is 2.80 bits per heavy atom. The number of nitrogens with one attached hydrogen (secondary N) is 1. The van der Waals surface area contributed by atoms with Crippen molar-refractivity contribution in [2.45, 2.75) is 26.2 Å². The Hall–Kier alpha value is -1.34. The molecule has 4 N–H and O–H groups in total. The van der Waals surface area contributed by atoms with Gasteiger partial charge in [-0.1, -0.05) is 18.5 Å². The summed E-state index contributed by atoms with van der Waals surface area (Å²) < 4.78 is 5.28.